The molecule has 0 bridgehead atoms. The molecule has 0 fully saturated rings. The molecule has 3 amide bonds. The van der Waals surface area contributed by atoms with Gasteiger partial charge in [0.15, 0.2) is 19.8 Å². The summed E-state index contributed by atoms with van der Waals surface area (Å²) in [5, 5.41) is 0. The van der Waals surface area contributed by atoms with Gasteiger partial charge < -0.3 is 14.2 Å². The van der Waals surface area contributed by atoms with E-state index in [-0.39, 0.29) is 18.0 Å². The fraction of sp³-hybridized carbons (Fsp3) is 0.500. The maximum Gasteiger partial charge on any atom is 0.326 e. The fourth-order valence-electron chi connectivity index (χ4n) is 1.33. The molecule has 0 aliphatic rings. The first kappa shape index (κ1) is 21.7. The van der Waals surface area contributed by atoms with E-state index in [2.05, 4.69) is 29.5 Å². The van der Waals surface area contributed by atoms with Crippen molar-refractivity contribution in [3.05, 3.63) is 0 Å². The summed E-state index contributed by atoms with van der Waals surface area (Å²) in [6, 6.07) is -1.08. The molecule has 3 N–H and O–H groups in total. The molecule has 1 aromatic rings. The highest BCUT2D eigenvalue weighted by molar-refractivity contribution is 5.77. The molecule has 0 aliphatic heterocycles. The first-order chi connectivity index (χ1) is 13.0. The Morgan fingerprint density at radius 1 is 0.630 bits per heavy atom. The van der Waals surface area contributed by atoms with Gasteiger partial charge in [0.25, 0.3) is 17.7 Å². The summed E-state index contributed by atoms with van der Waals surface area (Å²) in [6.07, 6.45) is 0. The molecule has 0 aliphatic carbocycles. The van der Waals surface area contributed by atoms with E-state index in [9.17, 15) is 14.4 Å². The van der Waals surface area contributed by atoms with Crippen molar-refractivity contribution in [1.29, 1.82) is 0 Å². The van der Waals surface area contributed by atoms with E-state index in [1.807, 2.05) is 16.4 Å². The lowest BCUT2D eigenvalue weighted by molar-refractivity contribution is -0.134. The van der Waals surface area contributed by atoms with E-state index in [4.69, 9.17) is 14.2 Å². The molecule has 1 heterocycles. The Kier molecular flexibility index (Phi) is 9.76. The standard InChI is InChI=1S/C12H18N6O9/c1-22-16-7(19)4-25-10-13-11(26-5-8(20)17-23-2)15-12(14-10)27-6-9(21)18-24-3/h4-6H2,1-3H3,(H,16,19)(H,17,20)(H,18,21). The van der Waals surface area contributed by atoms with Crippen LogP contribution in [0.25, 0.3) is 0 Å². The number of hydrogen-bond donors (Lipinski definition) is 3. The normalized spacial score (nSPS) is 9.89. The van der Waals surface area contributed by atoms with Crippen molar-refractivity contribution in [3.8, 4) is 18.0 Å². The summed E-state index contributed by atoms with van der Waals surface area (Å²) < 4.78 is 15.1. The van der Waals surface area contributed by atoms with E-state index >= 15 is 0 Å². The Hall–Kier alpha value is -3.30. The summed E-state index contributed by atoms with van der Waals surface area (Å²) in [5.41, 5.74) is 6.07. The number of carbonyl (C=O) groups excluding carboxylic acids is 3. The predicted molar refractivity (Wildman–Crippen MR) is 81.8 cm³/mol. The zero-order valence-electron chi connectivity index (χ0n) is 14.6. The summed E-state index contributed by atoms with van der Waals surface area (Å²) in [4.78, 5) is 58.5. The van der Waals surface area contributed by atoms with Crippen LogP contribution in [-0.4, -0.2) is 73.8 Å². The number of rotatable bonds is 12. The molecule has 0 atom stereocenters. The highest BCUT2D eigenvalue weighted by Gasteiger charge is 2.14. The van der Waals surface area contributed by atoms with Gasteiger partial charge in [0.05, 0.1) is 21.3 Å². The SMILES string of the molecule is CONC(=O)COc1nc(OCC(=O)NOC)nc(OCC(=O)NOC)n1. The average Bonchev–Trinajstić information content (AvgIpc) is 2.64. The van der Waals surface area contributed by atoms with E-state index < -0.39 is 37.5 Å². The van der Waals surface area contributed by atoms with Crippen LogP contribution in [0.1, 0.15) is 0 Å². The minimum Gasteiger partial charge on any atom is -0.453 e. The van der Waals surface area contributed by atoms with Crippen molar-refractivity contribution in [2.45, 2.75) is 0 Å². The van der Waals surface area contributed by atoms with Gasteiger partial charge in [-0.05, 0) is 0 Å². The van der Waals surface area contributed by atoms with Crippen LogP contribution in [0.3, 0.4) is 0 Å². The molecule has 0 unspecified atom stereocenters. The van der Waals surface area contributed by atoms with E-state index in [1.54, 1.807) is 0 Å². The maximum absolute atomic E-state index is 11.3. The van der Waals surface area contributed by atoms with Crippen LogP contribution >= 0.6 is 0 Å². The van der Waals surface area contributed by atoms with Gasteiger partial charge in [-0.2, -0.15) is 0 Å². The molecule has 1 rings (SSSR count). The van der Waals surface area contributed by atoms with Gasteiger partial charge in [-0.25, -0.2) is 16.4 Å². The second-order valence-corrected chi connectivity index (χ2v) is 4.24. The van der Waals surface area contributed by atoms with Crippen LogP contribution in [0.5, 0.6) is 18.0 Å². The number of nitrogens with zero attached hydrogens (tertiary/aromatic N) is 3. The fourth-order valence-corrected chi connectivity index (χ4v) is 1.33. The lowest BCUT2D eigenvalue weighted by Gasteiger charge is -2.09. The Morgan fingerprint density at radius 2 is 0.889 bits per heavy atom. The average molecular weight is 390 g/mol. The first-order valence-corrected chi connectivity index (χ1v) is 7.08. The lowest BCUT2D eigenvalue weighted by atomic mass is 10.7. The van der Waals surface area contributed by atoms with Crippen LogP contribution in [-0.2, 0) is 28.9 Å². The minimum atomic E-state index is -0.623. The van der Waals surface area contributed by atoms with Crippen LogP contribution in [0.15, 0.2) is 0 Å². The molecule has 15 nitrogen and oxygen atoms in total. The largest absolute Gasteiger partial charge is 0.453 e. The molecule has 15 heteroatoms. The summed E-state index contributed by atoms with van der Waals surface area (Å²) >= 11 is 0. The molecule has 0 saturated heterocycles. The summed E-state index contributed by atoms with van der Waals surface area (Å²) in [7, 11) is 3.73. The smallest absolute Gasteiger partial charge is 0.326 e. The first-order valence-electron chi connectivity index (χ1n) is 7.08. The van der Waals surface area contributed by atoms with Gasteiger partial charge in [-0.15, -0.1) is 15.0 Å². The molecule has 150 valence electrons. The molecule has 0 spiro atoms. The van der Waals surface area contributed by atoms with Gasteiger partial charge >= 0.3 is 18.0 Å². The number of nitrogens with one attached hydrogen (secondary N) is 3. The van der Waals surface area contributed by atoms with Crippen molar-refractivity contribution in [2.75, 3.05) is 41.2 Å². The summed E-state index contributed by atoms with van der Waals surface area (Å²) in [6.45, 7) is -1.48. The Bertz CT molecular complexity index is 546. The van der Waals surface area contributed by atoms with Gasteiger partial charge in [-0.3, -0.25) is 28.9 Å². The Labute approximate surface area is 152 Å². The van der Waals surface area contributed by atoms with E-state index in [1.165, 1.54) is 21.3 Å². The molecular formula is C12H18N6O9. The number of amides is 3. The third-order valence-corrected chi connectivity index (χ3v) is 2.22. The summed E-state index contributed by atoms with van der Waals surface area (Å²) in [5.74, 6) is -1.87. The van der Waals surface area contributed by atoms with Crippen LogP contribution in [0.2, 0.25) is 0 Å². The topological polar surface area (TPSA) is 181 Å². The van der Waals surface area contributed by atoms with Gasteiger partial charge in [-0.1, -0.05) is 0 Å². The Balaban J connectivity index is 2.81. The van der Waals surface area contributed by atoms with E-state index in [0.717, 1.165) is 0 Å². The molecule has 0 saturated carbocycles. The monoisotopic (exact) mass is 390 g/mol. The number of aromatic nitrogens is 3. The third-order valence-electron chi connectivity index (χ3n) is 2.22. The number of hydroxylamine groups is 3. The zero-order valence-corrected chi connectivity index (χ0v) is 14.6. The van der Waals surface area contributed by atoms with Crippen molar-refractivity contribution in [3.63, 3.8) is 0 Å². The lowest BCUT2D eigenvalue weighted by Crippen LogP contribution is -2.29. The van der Waals surface area contributed by atoms with Crippen LogP contribution < -0.4 is 30.7 Å². The van der Waals surface area contributed by atoms with Gasteiger partial charge in [0.1, 0.15) is 0 Å². The van der Waals surface area contributed by atoms with Gasteiger partial charge in [0, 0.05) is 0 Å². The minimum absolute atomic E-state index is 0.361. The van der Waals surface area contributed by atoms with Gasteiger partial charge in [0.2, 0.25) is 0 Å². The second kappa shape index (κ2) is 12.1. The second-order valence-electron chi connectivity index (χ2n) is 4.24. The third kappa shape index (κ3) is 9.10. The highest BCUT2D eigenvalue weighted by atomic mass is 16.7. The predicted octanol–water partition coefficient (Wildman–Crippen LogP) is -2.96. The zero-order chi connectivity index (χ0) is 20.1. The molecular weight excluding hydrogens is 372 g/mol. The van der Waals surface area contributed by atoms with Crippen molar-refractivity contribution >= 4 is 17.7 Å². The molecule has 0 aromatic carbocycles. The molecule has 0 radical (unpaired) electrons. The number of hydrogen-bond acceptors (Lipinski definition) is 12. The van der Waals surface area contributed by atoms with Crippen LogP contribution in [0.4, 0.5) is 0 Å². The number of ether oxygens (including phenoxy) is 3. The highest BCUT2D eigenvalue weighted by Crippen LogP contribution is 2.14. The quantitative estimate of drug-likeness (QED) is 0.309. The Morgan fingerprint density at radius 3 is 1.11 bits per heavy atom. The van der Waals surface area contributed by atoms with E-state index in [0.29, 0.717) is 0 Å². The van der Waals surface area contributed by atoms with Crippen LogP contribution in [0, 0.1) is 0 Å². The van der Waals surface area contributed by atoms with Crippen molar-refractivity contribution in [2.24, 2.45) is 0 Å². The number of carbonyl (C=O) groups is 3. The van der Waals surface area contributed by atoms with Crippen molar-refractivity contribution < 1.29 is 43.1 Å². The maximum atomic E-state index is 11.3. The molecule has 1 aromatic heterocycles. The molecule has 27 heavy (non-hydrogen) atoms. The van der Waals surface area contributed by atoms with Crippen molar-refractivity contribution in [1.82, 2.24) is 31.4 Å².